The van der Waals surface area contributed by atoms with E-state index in [4.69, 9.17) is 0 Å². The Labute approximate surface area is 115 Å². The molecule has 3 nitrogen and oxygen atoms in total. The van der Waals surface area contributed by atoms with Crippen LogP contribution in [0.15, 0.2) is 30.3 Å². The van der Waals surface area contributed by atoms with Gasteiger partial charge in [-0.15, -0.1) is 0 Å². The summed E-state index contributed by atoms with van der Waals surface area (Å²) < 4.78 is 0. The van der Waals surface area contributed by atoms with Crippen molar-refractivity contribution < 1.29 is 5.11 Å². The molecule has 1 aromatic carbocycles. The Bertz CT molecular complexity index is 387. The Morgan fingerprint density at radius 2 is 1.63 bits per heavy atom. The molecule has 3 rings (SSSR count). The number of hydrogen-bond acceptors (Lipinski definition) is 3. The van der Waals surface area contributed by atoms with E-state index in [9.17, 15) is 5.11 Å². The fourth-order valence-electron chi connectivity index (χ4n) is 3.30. The maximum Gasteiger partial charge on any atom is 0.0564 e. The number of hydrogen-bond donors (Lipinski definition) is 1. The Balaban J connectivity index is 1.49. The Morgan fingerprint density at radius 3 is 2.37 bits per heavy atom. The van der Waals surface area contributed by atoms with Crippen LogP contribution in [0.25, 0.3) is 0 Å². The maximum atomic E-state index is 9.54. The van der Waals surface area contributed by atoms with Crippen LogP contribution in [0.4, 0.5) is 0 Å². The molecule has 3 heteroatoms. The Morgan fingerprint density at radius 1 is 0.947 bits per heavy atom. The third-order valence-electron chi connectivity index (χ3n) is 4.50. The first-order chi connectivity index (χ1) is 9.31. The van der Waals surface area contributed by atoms with Gasteiger partial charge < -0.3 is 5.11 Å². The zero-order chi connectivity index (χ0) is 13.1. The highest BCUT2D eigenvalue weighted by molar-refractivity contribution is 5.20. The number of piperidine rings is 1. The standard InChI is InChI=1S/C16H24N2O/c19-16-7-10-17(11-8-16)13-18-9-6-15(12-18)14-4-2-1-3-5-14/h1-5,15-16,19H,6-13H2/t15-/m0/s1. The van der Waals surface area contributed by atoms with Gasteiger partial charge in [-0.2, -0.15) is 0 Å². The molecule has 2 saturated heterocycles. The minimum Gasteiger partial charge on any atom is -0.393 e. The van der Waals surface area contributed by atoms with E-state index in [1.165, 1.54) is 25.1 Å². The van der Waals surface area contributed by atoms with Gasteiger partial charge in [0.1, 0.15) is 0 Å². The molecule has 1 aromatic rings. The van der Waals surface area contributed by atoms with Crippen molar-refractivity contribution in [3.63, 3.8) is 0 Å². The highest BCUT2D eigenvalue weighted by Crippen LogP contribution is 2.27. The quantitative estimate of drug-likeness (QED) is 0.899. The molecule has 0 amide bonds. The molecular formula is C16H24N2O. The van der Waals surface area contributed by atoms with E-state index in [-0.39, 0.29) is 6.10 Å². The monoisotopic (exact) mass is 260 g/mol. The number of rotatable bonds is 3. The van der Waals surface area contributed by atoms with Gasteiger partial charge in [-0.3, -0.25) is 9.80 Å². The van der Waals surface area contributed by atoms with Crippen molar-refractivity contribution in [3.05, 3.63) is 35.9 Å². The third-order valence-corrected chi connectivity index (χ3v) is 4.50. The smallest absolute Gasteiger partial charge is 0.0564 e. The van der Waals surface area contributed by atoms with Crippen LogP contribution in [0.2, 0.25) is 0 Å². The third kappa shape index (κ3) is 3.35. The Hall–Kier alpha value is -0.900. The average Bonchev–Trinajstić information content (AvgIpc) is 2.91. The van der Waals surface area contributed by atoms with E-state index in [0.717, 1.165) is 32.6 Å². The topological polar surface area (TPSA) is 26.7 Å². The van der Waals surface area contributed by atoms with Crippen LogP contribution in [-0.4, -0.2) is 53.9 Å². The van der Waals surface area contributed by atoms with Crippen molar-refractivity contribution in [2.75, 3.05) is 32.8 Å². The molecule has 2 heterocycles. The minimum absolute atomic E-state index is 0.0631. The molecule has 0 radical (unpaired) electrons. The average molecular weight is 260 g/mol. The van der Waals surface area contributed by atoms with Gasteiger partial charge in [-0.25, -0.2) is 0 Å². The van der Waals surface area contributed by atoms with E-state index < -0.39 is 0 Å². The summed E-state index contributed by atoms with van der Waals surface area (Å²) in [4.78, 5) is 5.05. The molecule has 104 valence electrons. The summed E-state index contributed by atoms with van der Waals surface area (Å²) in [6.45, 7) is 5.57. The highest BCUT2D eigenvalue weighted by atomic mass is 16.3. The number of aliphatic hydroxyl groups is 1. The summed E-state index contributed by atoms with van der Waals surface area (Å²) in [7, 11) is 0. The van der Waals surface area contributed by atoms with Gasteiger partial charge in [0, 0.05) is 26.2 Å². The molecule has 2 fully saturated rings. The van der Waals surface area contributed by atoms with Gasteiger partial charge in [0.25, 0.3) is 0 Å². The van der Waals surface area contributed by atoms with Crippen molar-refractivity contribution in [2.24, 2.45) is 0 Å². The molecule has 0 saturated carbocycles. The molecule has 0 aliphatic carbocycles. The molecule has 0 bridgehead atoms. The largest absolute Gasteiger partial charge is 0.393 e. The lowest BCUT2D eigenvalue weighted by Gasteiger charge is -2.32. The molecule has 0 unspecified atom stereocenters. The molecule has 0 aromatic heterocycles. The first-order valence-corrected chi connectivity index (χ1v) is 7.49. The van der Waals surface area contributed by atoms with Crippen LogP contribution in [-0.2, 0) is 0 Å². The van der Waals surface area contributed by atoms with Crippen LogP contribution in [0.3, 0.4) is 0 Å². The second-order valence-corrected chi connectivity index (χ2v) is 5.96. The normalized spacial score (nSPS) is 26.9. The van der Waals surface area contributed by atoms with Gasteiger partial charge in [0.2, 0.25) is 0 Å². The molecular weight excluding hydrogens is 236 g/mol. The number of aliphatic hydroxyl groups excluding tert-OH is 1. The molecule has 2 aliphatic rings. The lowest BCUT2D eigenvalue weighted by Crippen LogP contribution is -2.42. The first kappa shape index (κ1) is 13.1. The van der Waals surface area contributed by atoms with Gasteiger partial charge in [-0.1, -0.05) is 30.3 Å². The predicted molar refractivity (Wildman–Crippen MR) is 77.1 cm³/mol. The Kier molecular flexibility index (Phi) is 4.16. The zero-order valence-electron chi connectivity index (χ0n) is 11.5. The van der Waals surface area contributed by atoms with Crippen molar-refractivity contribution in [2.45, 2.75) is 31.3 Å². The van der Waals surface area contributed by atoms with E-state index in [2.05, 4.69) is 40.1 Å². The number of likely N-dealkylation sites (tertiary alicyclic amines) is 2. The zero-order valence-corrected chi connectivity index (χ0v) is 11.5. The summed E-state index contributed by atoms with van der Waals surface area (Å²) in [6, 6.07) is 10.9. The van der Waals surface area contributed by atoms with Crippen LogP contribution in [0.5, 0.6) is 0 Å². The maximum absolute atomic E-state index is 9.54. The van der Waals surface area contributed by atoms with Crippen molar-refractivity contribution >= 4 is 0 Å². The second kappa shape index (κ2) is 6.04. The summed E-state index contributed by atoms with van der Waals surface area (Å²) in [5, 5.41) is 9.54. The van der Waals surface area contributed by atoms with Gasteiger partial charge in [0.15, 0.2) is 0 Å². The lowest BCUT2D eigenvalue weighted by molar-refractivity contribution is 0.0549. The van der Waals surface area contributed by atoms with Crippen molar-refractivity contribution in [3.8, 4) is 0 Å². The molecule has 1 N–H and O–H groups in total. The van der Waals surface area contributed by atoms with Gasteiger partial charge >= 0.3 is 0 Å². The predicted octanol–water partition coefficient (Wildman–Crippen LogP) is 1.89. The van der Waals surface area contributed by atoms with E-state index in [1.54, 1.807) is 0 Å². The van der Waals surface area contributed by atoms with Crippen molar-refractivity contribution in [1.82, 2.24) is 9.80 Å². The summed E-state index contributed by atoms with van der Waals surface area (Å²) in [6.07, 6.45) is 3.10. The van der Waals surface area contributed by atoms with Gasteiger partial charge in [-0.05, 0) is 30.7 Å². The van der Waals surface area contributed by atoms with Gasteiger partial charge in [0.05, 0.1) is 12.8 Å². The molecule has 2 aliphatic heterocycles. The molecule has 1 atom stereocenters. The highest BCUT2D eigenvalue weighted by Gasteiger charge is 2.26. The number of nitrogens with zero attached hydrogens (tertiary/aromatic N) is 2. The SMILES string of the molecule is OC1CCN(CN2CC[C@H](c3ccccc3)C2)CC1. The summed E-state index contributed by atoms with van der Waals surface area (Å²) >= 11 is 0. The summed E-state index contributed by atoms with van der Waals surface area (Å²) in [5.41, 5.74) is 1.49. The molecule has 0 spiro atoms. The molecule has 19 heavy (non-hydrogen) atoms. The summed E-state index contributed by atoms with van der Waals surface area (Å²) in [5.74, 6) is 0.705. The second-order valence-electron chi connectivity index (χ2n) is 5.96. The fraction of sp³-hybridized carbons (Fsp3) is 0.625. The number of benzene rings is 1. The fourth-order valence-corrected chi connectivity index (χ4v) is 3.30. The van der Waals surface area contributed by atoms with Crippen LogP contribution in [0.1, 0.15) is 30.7 Å². The van der Waals surface area contributed by atoms with Crippen LogP contribution in [0, 0.1) is 0 Å². The van der Waals surface area contributed by atoms with E-state index >= 15 is 0 Å². The minimum atomic E-state index is -0.0631. The van der Waals surface area contributed by atoms with E-state index in [0.29, 0.717) is 5.92 Å². The first-order valence-electron chi connectivity index (χ1n) is 7.49. The van der Waals surface area contributed by atoms with Crippen LogP contribution < -0.4 is 0 Å². The lowest BCUT2D eigenvalue weighted by atomic mass is 9.99. The van der Waals surface area contributed by atoms with Crippen molar-refractivity contribution in [1.29, 1.82) is 0 Å². The van der Waals surface area contributed by atoms with Crippen LogP contribution >= 0.6 is 0 Å². The van der Waals surface area contributed by atoms with E-state index in [1.807, 2.05) is 0 Å².